The van der Waals surface area contributed by atoms with Crippen molar-refractivity contribution in [1.29, 1.82) is 0 Å². The molecule has 0 spiro atoms. The Morgan fingerprint density at radius 1 is 1.30 bits per heavy atom. The zero-order valence-corrected chi connectivity index (χ0v) is 15.3. The van der Waals surface area contributed by atoms with Gasteiger partial charge in [-0.15, -0.1) is 15.3 Å². The van der Waals surface area contributed by atoms with E-state index in [1.54, 1.807) is 16.3 Å². The van der Waals surface area contributed by atoms with Crippen molar-refractivity contribution in [2.24, 2.45) is 11.7 Å². The molecule has 0 aliphatic rings. The molecule has 23 heavy (non-hydrogen) atoms. The fraction of sp³-hybridized carbons (Fsp3) is 0.400. The molecule has 0 saturated carbocycles. The van der Waals surface area contributed by atoms with Gasteiger partial charge in [0.2, 0.25) is 4.96 Å². The van der Waals surface area contributed by atoms with Crippen LogP contribution in [0.2, 0.25) is 5.02 Å². The van der Waals surface area contributed by atoms with E-state index in [-0.39, 0.29) is 6.04 Å². The number of nitrogens with two attached hydrogens (primary N) is 1. The van der Waals surface area contributed by atoms with Crippen LogP contribution in [0, 0.1) is 5.92 Å². The quantitative estimate of drug-likeness (QED) is 0.662. The first-order chi connectivity index (χ1) is 11.1. The van der Waals surface area contributed by atoms with Crippen LogP contribution in [0.4, 0.5) is 0 Å². The topological polar surface area (TPSA) is 69.1 Å². The van der Waals surface area contributed by atoms with E-state index < -0.39 is 0 Å². The third-order valence-corrected chi connectivity index (χ3v) is 6.18. The lowest BCUT2D eigenvalue weighted by atomic mass is 10.00. The van der Waals surface area contributed by atoms with Crippen LogP contribution in [-0.2, 0) is 5.75 Å². The second-order valence-corrected chi connectivity index (χ2v) is 8.06. The number of thioether (sulfide) groups is 1. The molecule has 0 bridgehead atoms. The van der Waals surface area contributed by atoms with E-state index in [1.165, 1.54) is 16.9 Å². The van der Waals surface area contributed by atoms with Gasteiger partial charge in [0.1, 0.15) is 0 Å². The van der Waals surface area contributed by atoms with Gasteiger partial charge in [-0.25, -0.2) is 0 Å². The predicted octanol–water partition coefficient (Wildman–Crippen LogP) is 4.18. The largest absolute Gasteiger partial charge is 0.321 e. The number of aromatic nitrogens is 4. The Balaban J connectivity index is 1.75. The van der Waals surface area contributed by atoms with Crippen molar-refractivity contribution >= 4 is 39.7 Å². The van der Waals surface area contributed by atoms with Crippen LogP contribution >= 0.6 is 34.7 Å². The third kappa shape index (κ3) is 3.68. The van der Waals surface area contributed by atoms with E-state index >= 15 is 0 Å². The molecule has 8 heteroatoms. The molecule has 0 unspecified atom stereocenters. The Labute approximate surface area is 148 Å². The molecule has 122 valence electrons. The molecule has 0 aliphatic carbocycles. The summed E-state index contributed by atoms with van der Waals surface area (Å²) in [7, 11) is 0. The Bertz CT molecular complexity index is 783. The highest BCUT2D eigenvalue weighted by atomic mass is 35.5. The number of hydrogen-bond acceptors (Lipinski definition) is 6. The molecule has 3 rings (SSSR count). The molecule has 1 aromatic carbocycles. The predicted molar refractivity (Wildman–Crippen MR) is 96.1 cm³/mol. The van der Waals surface area contributed by atoms with Gasteiger partial charge in [0.25, 0.3) is 0 Å². The fourth-order valence-electron chi connectivity index (χ4n) is 2.11. The minimum Gasteiger partial charge on any atom is -0.321 e. The normalized spacial score (nSPS) is 14.3. The molecule has 2 atom stereocenters. The van der Waals surface area contributed by atoms with Crippen LogP contribution in [0.25, 0.3) is 4.96 Å². The molecule has 0 radical (unpaired) electrons. The first-order valence-electron chi connectivity index (χ1n) is 7.43. The highest BCUT2D eigenvalue weighted by Crippen LogP contribution is 2.29. The molecular weight excluding hydrogens is 350 g/mol. The summed E-state index contributed by atoms with van der Waals surface area (Å²) in [4.78, 5) is 0.789. The van der Waals surface area contributed by atoms with Gasteiger partial charge in [0.05, 0.1) is 6.04 Å². The molecular formula is C15H18ClN5S2. The van der Waals surface area contributed by atoms with Gasteiger partial charge < -0.3 is 5.73 Å². The number of halogens is 1. The Morgan fingerprint density at radius 2 is 2.04 bits per heavy atom. The summed E-state index contributed by atoms with van der Waals surface area (Å²) in [6.07, 6.45) is 0.998. The standard InChI is InChI=1S/C15H18ClN5S2/c1-3-9(2)12(17)13-18-19-14-21(13)20-15(23-14)22-8-10-4-6-11(16)7-5-10/h4-7,9,12H,3,8,17H2,1-2H3/t9-,12-/m0/s1. The lowest BCUT2D eigenvalue weighted by Crippen LogP contribution is -2.21. The van der Waals surface area contributed by atoms with Crippen molar-refractivity contribution in [3.8, 4) is 0 Å². The highest BCUT2D eigenvalue weighted by molar-refractivity contribution is 8.00. The van der Waals surface area contributed by atoms with Crippen LogP contribution in [0.3, 0.4) is 0 Å². The van der Waals surface area contributed by atoms with E-state index in [9.17, 15) is 0 Å². The van der Waals surface area contributed by atoms with Gasteiger partial charge in [-0.05, 0) is 23.6 Å². The minimum absolute atomic E-state index is 0.147. The Kier molecular flexibility index (Phi) is 5.21. The monoisotopic (exact) mass is 367 g/mol. The molecule has 2 N–H and O–H groups in total. The number of nitrogens with zero attached hydrogens (tertiary/aromatic N) is 4. The van der Waals surface area contributed by atoms with Crippen molar-refractivity contribution in [3.63, 3.8) is 0 Å². The van der Waals surface area contributed by atoms with Crippen LogP contribution < -0.4 is 5.73 Å². The van der Waals surface area contributed by atoms with E-state index in [1.807, 2.05) is 24.3 Å². The van der Waals surface area contributed by atoms with Crippen LogP contribution in [0.5, 0.6) is 0 Å². The van der Waals surface area contributed by atoms with Crippen molar-refractivity contribution in [2.45, 2.75) is 36.4 Å². The van der Waals surface area contributed by atoms with E-state index in [0.717, 1.165) is 32.3 Å². The first-order valence-corrected chi connectivity index (χ1v) is 9.61. The van der Waals surface area contributed by atoms with Gasteiger partial charge in [0.15, 0.2) is 10.2 Å². The van der Waals surface area contributed by atoms with Crippen LogP contribution in [0.1, 0.15) is 37.7 Å². The lowest BCUT2D eigenvalue weighted by Gasteiger charge is -2.15. The van der Waals surface area contributed by atoms with E-state index in [2.05, 4.69) is 29.1 Å². The van der Waals surface area contributed by atoms with Crippen molar-refractivity contribution in [1.82, 2.24) is 19.8 Å². The maximum atomic E-state index is 6.27. The summed E-state index contributed by atoms with van der Waals surface area (Å²) in [6, 6.07) is 7.71. The molecule has 0 aliphatic heterocycles. The maximum absolute atomic E-state index is 6.27. The lowest BCUT2D eigenvalue weighted by molar-refractivity contribution is 0.431. The van der Waals surface area contributed by atoms with Gasteiger partial charge in [-0.1, -0.05) is 67.1 Å². The van der Waals surface area contributed by atoms with Crippen molar-refractivity contribution in [2.75, 3.05) is 0 Å². The van der Waals surface area contributed by atoms with Gasteiger partial charge >= 0.3 is 0 Å². The molecule has 3 aromatic rings. The molecule has 0 fully saturated rings. The summed E-state index contributed by atoms with van der Waals surface area (Å²) in [5.74, 6) is 1.92. The first kappa shape index (κ1) is 16.7. The average Bonchev–Trinajstić information content (AvgIpc) is 3.13. The van der Waals surface area contributed by atoms with Crippen LogP contribution in [0.15, 0.2) is 28.6 Å². The number of benzene rings is 1. The van der Waals surface area contributed by atoms with Crippen molar-refractivity contribution < 1.29 is 0 Å². The van der Waals surface area contributed by atoms with Gasteiger partial charge in [0, 0.05) is 10.8 Å². The SMILES string of the molecule is CC[C@H](C)[C@H](N)c1nnc2sc(SCc3ccc(Cl)cc3)nn12. The second kappa shape index (κ2) is 7.17. The number of hydrogen-bond donors (Lipinski definition) is 1. The summed E-state index contributed by atoms with van der Waals surface area (Å²) in [6.45, 7) is 4.24. The number of rotatable bonds is 6. The molecule has 0 saturated heterocycles. The summed E-state index contributed by atoms with van der Waals surface area (Å²) < 4.78 is 2.74. The smallest absolute Gasteiger partial charge is 0.235 e. The molecule has 2 aromatic heterocycles. The zero-order valence-electron chi connectivity index (χ0n) is 12.9. The number of fused-ring (bicyclic) bond motifs is 1. The third-order valence-electron chi connectivity index (χ3n) is 3.83. The molecule has 0 amide bonds. The fourth-order valence-corrected chi connectivity index (χ4v) is 4.08. The summed E-state index contributed by atoms with van der Waals surface area (Å²) in [5, 5.41) is 13.8. The minimum atomic E-state index is -0.147. The van der Waals surface area contributed by atoms with Crippen molar-refractivity contribution in [3.05, 3.63) is 40.7 Å². The van der Waals surface area contributed by atoms with Crippen LogP contribution in [-0.4, -0.2) is 19.8 Å². The Hall–Kier alpha value is -1.15. The Morgan fingerprint density at radius 3 is 2.74 bits per heavy atom. The zero-order chi connectivity index (χ0) is 16.4. The van der Waals surface area contributed by atoms with Gasteiger partial charge in [-0.3, -0.25) is 0 Å². The molecule has 2 heterocycles. The second-order valence-electron chi connectivity index (χ2n) is 5.45. The van der Waals surface area contributed by atoms with Gasteiger partial charge in [-0.2, -0.15) is 4.52 Å². The maximum Gasteiger partial charge on any atom is 0.235 e. The van der Waals surface area contributed by atoms with E-state index in [4.69, 9.17) is 17.3 Å². The summed E-state index contributed by atoms with van der Waals surface area (Å²) in [5.41, 5.74) is 7.48. The van der Waals surface area contributed by atoms with E-state index in [0.29, 0.717) is 5.92 Å². The summed E-state index contributed by atoms with van der Waals surface area (Å²) >= 11 is 9.12. The average molecular weight is 368 g/mol. The molecule has 5 nitrogen and oxygen atoms in total. The highest BCUT2D eigenvalue weighted by Gasteiger charge is 2.21.